The predicted molar refractivity (Wildman–Crippen MR) is 123 cm³/mol. The molecule has 1 aromatic rings. The molecule has 0 spiro atoms. The molecule has 0 aliphatic carbocycles. The number of rotatable bonds is 6. The first-order valence-corrected chi connectivity index (χ1v) is 12.1. The molecule has 0 bridgehead atoms. The molecule has 11 heteroatoms. The lowest BCUT2D eigenvalue weighted by molar-refractivity contribution is -0.137. The van der Waals surface area contributed by atoms with Gasteiger partial charge in [0.25, 0.3) is 0 Å². The molecule has 2 atom stereocenters. The number of hydrogen-bond donors (Lipinski definition) is 1. The highest BCUT2D eigenvalue weighted by atomic mass is 35.5. The minimum atomic E-state index is -3.51. The number of nitrogens with one attached hydrogen (secondary N) is 1. The quantitative estimate of drug-likeness (QED) is 0.648. The van der Waals surface area contributed by atoms with E-state index in [1.165, 1.54) is 26.3 Å². The van der Waals surface area contributed by atoms with Crippen molar-refractivity contribution in [2.75, 3.05) is 46.9 Å². The topological polar surface area (TPSA) is 99.3 Å². The number of ether oxygens (including phenoxy) is 1. The fourth-order valence-corrected chi connectivity index (χ4v) is 5.13. The maximum Gasteiger partial charge on any atom is 0.409 e. The Morgan fingerprint density at radius 2 is 1.66 bits per heavy atom. The van der Waals surface area contributed by atoms with Crippen LogP contribution in [0, 0.1) is 0 Å². The first kappa shape index (κ1) is 26.4. The van der Waals surface area contributed by atoms with Gasteiger partial charge in [-0.15, -0.1) is 12.4 Å². The second-order valence-corrected chi connectivity index (χ2v) is 9.98. The van der Waals surface area contributed by atoms with Gasteiger partial charge in [0.15, 0.2) is 0 Å². The molecular weight excluding hydrogens is 456 g/mol. The number of piperazine rings is 1. The van der Waals surface area contributed by atoms with E-state index in [1.54, 1.807) is 17.0 Å². The number of benzene rings is 1. The van der Waals surface area contributed by atoms with E-state index in [4.69, 9.17) is 4.74 Å². The number of hydrogen-bond acceptors (Lipinski definition) is 6. The van der Waals surface area contributed by atoms with Gasteiger partial charge in [-0.2, -0.15) is 0 Å². The Hall–Kier alpha value is -1.88. The van der Waals surface area contributed by atoms with Gasteiger partial charge in [0.2, 0.25) is 15.9 Å². The van der Waals surface area contributed by atoms with Crippen LogP contribution in [0.4, 0.5) is 4.79 Å². The van der Waals surface area contributed by atoms with Gasteiger partial charge in [0.05, 0.1) is 30.5 Å². The molecule has 2 amide bonds. The molecule has 2 aliphatic rings. The molecule has 1 aromatic carbocycles. The van der Waals surface area contributed by atoms with E-state index in [0.717, 1.165) is 38.0 Å². The molecule has 32 heavy (non-hydrogen) atoms. The largest absolute Gasteiger partial charge is 0.453 e. The van der Waals surface area contributed by atoms with Crippen LogP contribution >= 0.6 is 12.4 Å². The predicted octanol–water partition coefficient (Wildman–Crippen LogP) is 1.32. The summed E-state index contributed by atoms with van der Waals surface area (Å²) >= 11 is 0. The summed E-state index contributed by atoms with van der Waals surface area (Å²) in [6, 6.07) is 6.08. The maximum atomic E-state index is 13.2. The fourth-order valence-electron chi connectivity index (χ4n) is 4.40. The van der Waals surface area contributed by atoms with Crippen LogP contribution in [0.5, 0.6) is 0 Å². The molecule has 180 valence electrons. The first-order valence-electron chi connectivity index (χ1n) is 10.7. The summed E-state index contributed by atoms with van der Waals surface area (Å²) in [6.45, 7) is 5.57. The highest BCUT2D eigenvalue weighted by Crippen LogP contribution is 2.22. The summed E-state index contributed by atoms with van der Waals surface area (Å²) in [6.07, 6.45) is 2.11. The Kier molecular flexibility index (Phi) is 9.32. The number of likely N-dealkylation sites (tertiary alicyclic amines) is 1. The molecule has 9 nitrogen and oxygen atoms in total. The van der Waals surface area contributed by atoms with Gasteiger partial charge in [0, 0.05) is 19.6 Å². The highest BCUT2D eigenvalue weighted by Gasteiger charge is 2.39. The SMILES string of the molecule is CNS(=O)(=O)c1ccc(CC(=O)N2CCN(C(=O)OC)C(C)C2CN2CCCC2)cc1.Cl. The number of carbonyl (C=O) groups excluding carboxylic acids is 2. The minimum absolute atomic E-state index is 0. The molecule has 2 unspecified atom stereocenters. The second-order valence-electron chi connectivity index (χ2n) is 8.09. The summed E-state index contributed by atoms with van der Waals surface area (Å²) in [5.74, 6) is -0.0233. The summed E-state index contributed by atoms with van der Waals surface area (Å²) in [5.41, 5.74) is 0.753. The lowest BCUT2D eigenvalue weighted by atomic mass is 10.0. The van der Waals surface area contributed by atoms with Crippen LogP contribution in [-0.4, -0.2) is 94.1 Å². The lowest BCUT2D eigenvalue weighted by Gasteiger charge is -2.46. The van der Waals surface area contributed by atoms with Crippen molar-refractivity contribution in [1.29, 1.82) is 0 Å². The van der Waals surface area contributed by atoms with E-state index in [-0.39, 0.29) is 47.8 Å². The summed E-state index contributed by atoms with van der Waals surface area (Å²) in [4.78, 5) is 31.5. The average Bonchev–Trinajstić information content (AvgIpc) is 3.28. The average molecular weight is 489 g/mol. The van der Waals surface area contributed by atoms with Gasteiger partial charge >= 0.3 is 6.09 Å². The Morgan fingerprint density at radius 1 is 1.06 bits per heavy atom. The first-order chi connectivity index (χ1) is 14.8. The normalized spacial score (nSPS) is 21.8. The Balaban J connectivity index is 0.00000363. The van der Waals surface area contributed by atoms with Crippen molar-refractivity contribution in [2.45, 2.75) is 43.2 Å². The van der Waals surface area contributed by atoms with Crippen molar-refractivity contribution >= 4 is 34.4 Å². The molecule has 2 heterocycles. The molecule has 2 fully saturated rings. The van der Waals surface area contributed by atoms with Crippen molar-refractivity contribution in [2.24, 2.45) is 0 Å². The Morgan fingerprint density at radius 3 is 2.22 bits per heavy atom. The second kappa shape index (κ2) is 11.3. The van der Waals surface area contributed by atoms with Crippen LogP contribution in [-0.2, 0) is 26.0 Å². The van der Waals surface area contributed by atoms with Gasteiger partial charge in [0.1, 0.15) is 0 Å². The third-order valence-electron chi connectivity index (χ3n) is 6.26. The van der Waals surface area contributed by atoms with Crippen molar-refractivity contribution in [1.82, 2.24) is 19.4 Å². The van der Waals surface area contributed by atoms with E-state index in [1.807, 2.05) is 11.8 Å². The number of nitrogens with zero attached hydrogens (tertiary/aromatic N) is 3. The third-order valence-corrected chi connectivity index (χ3v) is 7.69. The zero-order chi connectivity index (χ0) is 22.6. The number of carbonyl (C=O) groups is 2. The standard InChI is InChI=1S/C21H32N4O5S.ClH/c1-16-19(15-23-10-4-5-11-23)25(13-12-24(16)21(27)30-3)20(26)14-17-6-8-18(9-7-17)31(28,29)22-2;/h6-9,16,19,22H,4-5,10-15H2,1-3H3;1H. The molecule has 2 saturated heterocycles. The molecule has 0 aromatic heterocycles. The minimum Gasteiger partial charge on any atom is -0.453 e. The maximum absolute atomic E-state index is 13.2. The van der Waals surface area contributed by atoms with Crippen LogP contribution in [0.1, 0.15) is 25.3 Å². The zero-order valence-electron chi connectivity index (χ0n) is 18.8. The van der Waals surface area contributed by atoms with E-state index in [0.29, 0.717) is 13.1 Å². The molecule has 3 rings (SSSR count). The van der Waals surface area contributed by atoms with E-state index in [9.17, 15) is 18.0 Å². The number of methoxy groups -OCH3 is 1. The van der Waals surface area contributed by atoms with E-state index >= 15 is 0 Å². The van der Waals surface area contributed by atoms with Crippen molar-refractivity contribution in [3.63, 3.8) is 0 Å². The number of halogens is 1. The van der Waals surface area contributed by atoms with Crippen LogP contribution in [0.2, 0.25) is 0 Å². The van der Waals surface area contributed by atoms with Crippen molar-refractivity contribution in [3.05, 3.63) is 29.8 Å². The van der Waals surface area contributed by atoms with E-state index < -0.39 is 10.0 Å². The molecule has 2 aliphatic heterocycles. The molecular formula is C21H33ClN4O5S. The van der Waals surface area contributed by atoms with Gasteiger partial charge in [-0.25, -0.2) is 17.9 Å². The number of sulfonamides is 1. The van der Waals surface area contributed by atoms with Crippen LogP contribution in [0.25, 0.3) is 0 Å². The molecule has 0 saturated carbocycles. The Bertz CT molecular complexity index is 890. The summed E-state index contributed by atoms with van der Waals surface area (Å²) < 4.78 is 31.0. The van der Waals surface area contributed by atoms with Gasteiger partial charge in [-0.05, 0) is 57.6 Å². The van der Waals surface area contributed by atoms with Crippen LogP contribution in [0.15, 0.2) is 29.2 Å². The smallest absolute Gasteiger partial charge is 0.409 e. The Labute approximate surface area is 196 Å². The molecule has 0 radical (unpaired) electrons. The van der Waals surface area contributed by atoms with Crippen LogP contribution in [0.3, 0.4) is 0 Å². The third kappa shape index (κ3) is 5.92. The van der Waals surface area contributed by atoms with Crippen LogP contribution < -0.4 is 4.72 Å². The summed E-state index contributed by atoms with van der Waals surface area (Å²) in [5, 5.41) is 0. The zero-order valence-corrected chi connectivity index (χ0v) is 20.5. The van der Waals surface area contributed by atoms with E-state index in [2.05, 4.69) is 9.62 Å². The highest BCUT2D eigenvalue weighted by molar-refractivity contribution is 7.89. The van der Waals surface area contributed by atoms with Crippen molar-refractivity contribution in [3.8, 4) is 0 Å². The van der Waals surface area contributed by atoms with Gasteiger partial charge < -0.3 is 19.4 Å². The monoisotopic (exact) mass is 488 g/mol. The summed E-state index contributed by atoms with van der Waals surface area (Å²) in [7, 11) is -0.772. The fraction of sp³-hybridized carbons (Fsp3) is 0.619. The molecule has 1 N–H and O–H groups in total. The van der Waals surface area contributed by atoms with Gasteiger partial charge in [-0.3, -0.25) is 4.79 Å². The van der Waals surface area contributed by atoms with Gasteiger partial charge in [-0.1, -0.05) is 12.1 Å². The lowest BCUT2D eigenvalue weighted by Crippen LogP contribution is -2.64. The van der Waals surface area contributed by atoms with Crippen molar-refractivity contribution < 1.29 is 22.7 Å². The number of amides is 2.